The van der Waals surface area contributed by atoms with Gasteiger partial charge in [-0.15, -0.1) is 0 Å². The molecule has 5 heteroatoms. The van der Waals surface area contributed by atoms with Crippen molar-refractivity contribution in [3.8, 4) is 0 Å². The SMILES string of the molecule is Cc1cc(CC(N)C(=O)O)nc(C)n1. The van der Waals surface area contributed by atoms with Gasteiger partial charge in [0.1, 0.15) is 11.9 Å². The Kier molecular flexibility index (Phi) is 3.14. The van der Waals surface area contributed by atoms with Gasteiger partial charge >= 0.3 is 5.97 Å². The van der Waals surface area contributed by atoms with E-state index in [0.29, 0.717) is 11.5 Å². The molecule has 5 nitrogen and oxygen atoms in total. The minimum atomic E-state index is -1.01. The topological polar surface area (TPSA) is 89.1 Å². The molecule has 1 aromatic heterocycles. The van der Waals surface area contributed by atoms with Gasteiger partial charge in [-0.2, -0.15) is 0 Å². The zero-order chi connectivity index (χ0) is 10.7. The third-order valence-electron chi connectivity index (χ3n) is 1.77. The minimum Gasteiger partial charge on any atom is -0.480 e. The van der Waals surface area contributed by atoms with Crippen LogP contribution in [0, 0.1) is 13.8 Å². The van der Waals surface area contributed by atoms with Crippen molar-refractivity contribution in [1.29, 1.82) is 0 Å². The Morgan fingerprint density at radius 3 is 2.71 bits per heavy atom. The molecule has 14 heavy (non-hydrogen) atoms. The van der Waals surface area contributed by atoms with E-state index in [1.54, 1.807) is 13.0 Å². The van der Waals surface area contributed by atoms with Gasteiger partial charge in [0, 0.05) is 17.8 Å². The second-order valence-electron chi connectivity index (χ2n) is 3.20. The van der Waals surface area contributed by atoms with Crippen LogP contribution >= 0.6 is 0 Å². The summed E-state index contributed by atoms with van der Waals surface area (Å²) in [7, 11) is 0. The Bertz CT molecular complexity index is 332. The van der Waals surface area contributed by atoms with E-state index >= 15 is 0 Å². The average molecular weight is 195 g/mol. The maximum absolute atomic E-state index is 10.5. The average Bonchev–Trinajstić information content (AvgIpc) is 2.01. The highest BCUT2D eigenvalue weighted by atomic mass is 16.4. The summed E-state index contributed by atoms with van der Waals surface area (Å²) in [5.41, 5.74) is 6.88. The van der Waals surface area contributed by atoms with Crippen molar-refractivity contribution in [3.63, 3.8) is 0 Å². The van der Waals surface area contributed by atoms with Gasteiger partial charge in [-0.25, -0.2) is 9.97 Å². The first-order valence-corrected chi connectivity index (χ1v) is 4.28. The van der Waals surface area contributed by atoms with E-state index in [-0.39, 0.29) is 6.42 Å². The van der Waals surface area contributed by atoms with Crippen LogP contribution in [0.5, 0.6) is 0 Å². The summed E-state index contributed by atoms with van der Waals surface area (Å²) < 4.78 is 0. The fourth-order valence-corrected chi connectivity index (χ4v) is 1.21. The van der Waals surface area contributed by atoms with Gasteiger partial charge < -0.3 is 10.8 Å². The molecule has 1 rings (SSSR count). The zero-order valence-electron chi connectivity index (χ0n) is 8.19. The van der Waals surface area contributed by atoms with Gasteiger partial charge in [0.05, 0.1) is 0 Å². The lowest BCUT2D eigenvalue weighted by Gasteiger charge is -2.06. The molecule has 3 N–H and O–H groups in total. The van der Waals surface area contributed by atoms with Gasteiger partial charge in [-0.05, 0) is 19.9 Å². The van der Waals surface area contributed by atoms with Crippen LogP contribution in [-0.4, -0.2) is 27.1 Å². The number of nitrogens with zero attached hydrogens (tertiary/aromatic N) is 2. The Morgan fingerprint density at radius 1 is 1.57 bits per heavy atom. The lowest BCUT2D eigenvalue weighted by atomic mass is 10.1. The smallest absolute Gasteiger partial charge is 0.320 e. The molecule has 1 aromatic rings. The Balaban J connectivity index is 2.81. The summed E-state index contributed by atoms with van der Waals surface area (Å²) in [6.07, 6.45) is 0.236. The van der Waals surface area contributed by atoms with Crippen LogP contribution in [0.25, 0.3) is 0 Å². The Morgan fingerprint density at radius 2 is 2.21 bits per heavy atom. The molecular formula is C9H13N3O2. The van der Waals surface area contributed by atoms with Crippen LogP contribution in [0.4, 0.5) is 0 Å². The lowest BCUT2D eigenvalue weighted by molar-refractivity contribution is -0.138. The molecule has 0 saturated carbocycles. The lowest BCUT2D eigenvalue weighted by Crippen LogP contribution is -2.32. The highest BCUT2D eigenvalue weighted by Crippen LogP contribution is 2.02. The molecule has 1 unspecified atom stereocenters. The monoisotopic (exact) mass is 195 g/mol. The van der Waals surface area contributed by atoms with Crippen molar-refractivity contribution >= 4 is 5.97 Å². The third-order valence-corrected chi connectivity index (χ3v) is 1.77. The Labute approximate surface area is 82.0 Å². The first-order valence-electron chi connectivity index (χ1n) is 4.28. The van der Waals surface area contributed by atoms with E-state index in [1.807, 2.05) is 6.92 Å². The molecule has 0 bridgehead atoms. The Hall–Kier alpha value is -1.49. The van der Waals surface area contributed by atoms with E-state index in [0.717, 1.165) is 5.69 Å². The first-order chi connectivity index (χ1) is 6.49. The summed E-state index contributed by atoms with van der Waals surface area (Å²) in [5, 5.41) is 8.61. The van der Waals surface area contributed by atoms with Crippen LogP contribution in [0.3, 0.4) is 0 Å². The molecule has 1 heterocycles. The molecule has 0 saturated heterocycles. The van der Waals surface area contributed by atoms with Gasteiger partial charge in [-0.3, -0.25) is 4.79 Å². The zero-order valence-corrected chi connectivity index (χ0v) is 8.19. The van der Waals surface area contributed by atoms with Gasteiger partial charge in [0.25, 0.3) is 0 Å². The van der Waals surface area contributed by atoms with Gasteiger partial charge in [-0.1, -0.05) is 0 Å². The van der Waals surface area contributed by atoms with Crippen LogP contribution in [0.2, 0.25) is 0 Å². The normalized spacial score (nSPS) is 12.5. The molecule has 0 aromatic carbocycles. The van der Waals surface area contributed by atoms with Gasteiger partial charge in [0.2, 0.25) is 0 Å². The van der Waals surface area contributed by atoms with Crippen LogP contribution in [-0.2, 0) is 11.2 Å². The predicted molar refractivity (Wildman–Crippen MR) is 50.8 cm³/mol. The molecule has 0 amide bonds. The van der Waals surface area contributed by atoms with E-state index in [9.17, 15) is 4.79 Å². The number of hydrogen-bond acceptors (Lipinski definition) is 4. The van der Waals surface area contributed by atoms with E-state index in [4.69, 9.17) is 10.8 Å². The molecule has 1 atom stereocenters. The molecule has 0 aliphatic rings. The standard InChI is InChI=1S/C9H13N3O2/c1-5-3-7(12-6(2)11-5)4-8(10)9(13)14/h3,8H,4,10H2,1-2H3,(H,13,14). The number of rotatable bonds is 3. The van der Waals surface area contributed by atoms with Crippen molar-refractivity contribution < 1.29 is 9.90 Å². The molecule has 76 valence electrons. The number of carboxylic acids is 1. The van der Waals surface area contributed by atoms with Crippen molar-refractivity contribution in [2.45, 2.75) is 26.3 Å². The summed E-state index contributed by atoms with van der Waals surface area (Å²) >= 11 is 0. The summed E-state index contributed by atoms with van der Waals surface area (Å²) in [6, 6.07) is 0.846. The maximum atomic E-state index is 10.5. The number of nitrogens with two attached hydrogens (primary N) is 1. The first kappa shape index (κ1) is 10.6. The quantitative estimate of drug-likeness (QED) is 0.711. The van der Waals surface area contributed by atoms with Crippen molar-refractivity contribution in [3.05, 3.63) is 23.3 Å². The summed E-state index contributed by atoms with van der Waals surface area (Å²) in [5.74, 6) is -0.378. The van der Waals surface area contributed by atoms with Crippen LogP contribution < -0.4 is 5.73 Å². The number of carbonyl (C=O) groups is 1. The molecule has 0 aliphatic carbocycles. The molecule has 0 aliphatic heterocycles. The van der Waals surface area contributed by atoms with E-state index < -0.39 is 12.0 Å². The van der Waals surface area contributed by atoms with Crippen LogP contribution in [0.1, 0.15) is 17.2 Å². The van der Waals surface area contributed by atoms with E-state index in [2.05, 4.69) is 9.97 Å². The van der Waals surface area contributed by atoms with Crippen molar-refractivity contribution in [2.75, 3.05) is 0 Å². The van der Waals surface area contributed by atoms with E-state index in [1.165, 1.54) is 0 Å². The minimum absolute atomic E-state index is 0.236. The number of aromatic nitrogens is 2. The molecular weight excluding hydrogens is 182 g/mol. The number of carboxylic acid groups (broad SMARTS) is 1. The highest BCUT2D eigenvalue weighted by molar-refractivity contribution is 5.73. The molecule has 0 fully saturated rings. The van der Waals surface area contributed by atoms with Crippen LogP contribution in [0.15, 0.2) is 6.07 Å². The maximum Gasteiger partial charge on any atom is 0.320 e. The largest absolute Gasteiger partial charge is 0.480 e. The van der Waals surface area contributed by atoms with Crippen molar-refractivity contribution in [1.82, 2.24) is 9.97 Å². The second-order valence-corrected chi connectivity index (χ2v) is 3.20. The highest BCUT2D eigenvalue weighted by Gasteiger charge is 2.13. The fourth-order valence-electron chi connectivity index (χ4n) is 1.21. The van der Waals surface area contributed by atoms with Gasteiger partial charge in [0.15, 0.2) is 0 Å². The third kappa shape index (κ3) is 2.77. The second kappa shape index (κ2) is 4.15. The number of aryl methyl sites for hydroxylation is 2. The fraction of sp³-hybridized carbons (Fsp3) is 0.444. The summed E-state index contributed by atoms with van der Waals surface area (Å²) in [4.78, 5) is 18.7. The number of aliphatic carboxylic acids is 1. The van der Waals surface area contributed by atoms with Crippen molar-refractivity contribution in [2.24, 2.45) is 5.73 Å². The molecule has 0 spiro atoms. The summed E-state index contributed by atoms with van der Waals surface area (Å²) in [6.45, 7) is 3.60. The molecule has 0 radical (unpaired) electrons. The number of hydrogen-bond donors (Lipinski definition) is 2. The predicted octanol–water partition coefficient (Wildman–Crippen LogP) is 0.0478.